The Hall–Kier alpha value is -0.320. The molecule has 0 aromatic heterocycles. The van der Waals surface area contributed by atoms with Crippen molar-refractivity contribution in [3.05, 3.63) is 0 Å². The van der Waals surface area contributed by atoms with Gasteiger partial charge in [-0.1, -0.05) is 0 Å². The largest absolute Gasteiger partial charge is 0.396 e. The van der Waals surface area contributed by atoms with E-state index >= 15 is 0 Å². The first-order chi connectivity index (χ1) is 9.10. The number of hydrogen-bond donors (Lipinski definition) is 7. The van der Waals surface area contributed by atoms with Crippen LogP contribution in [0.5, 0.6) is 0 Å². The lowest BCUT2D eigenvalue weighted by Crippen LogP contribution is -2.46. The molecule has 0 bridgehead atoms. The zero-order chi connectivity index (χ0) is 16.3. The van der Waals surface area contributed by atoms with Gasteiger partial charge in [-0.15, -0.1) is 0 Å². The SMILES string of the molecule is C[N+](C)(C)CCCO.OCC(O)C(O)C(O)C(O)CO. The van der Waals surface area contributed by atoms with Gasteiger partial charge in [-0.05, 0) is 0 Å². The Morgan fingerprint density at radius 1 is 0.750 bits per heavy atom. The van der Waals surface area contributed by atoms with Gasteiger partial charge in [-0.25, -0.2) is 0 Å². The third-order valence-corrected chi connectivity index (χ3v) is 2.50. The summed E-state index contributed by atoms with van der Waals surface area (Å²) in [6, 6.07) is 0. The predicted octanol–water partition coefficient (Wildman–Crippen LogP) is -3.51. The van der Waals surface area contributed by atoms with Gasteiger partial charge in [0.1, 0.15) is 24.4 Å². The first-order valence-electron chi connectivity index (χ1n) is 6.46. The van der Waals surface area contributed by atoms with Crippen LogP contribution in [-0.4, -0.2) is 112 Å². The summed E-state index contributed by atoms with van der Waals surface area (Å²) in [5.74, 6) is 0. The smallest absolute Gasteiger partial charge is 0.111 e. The monoisotopic (exact) mass is 300 g/mol. The van der Waals surface area contributed by atoms with Gasteiger partial charge in [-0.2, -0.15) is 0 Å². The predicted molar refractivity (Wildman–Crippen MR) is 72.8 cm³/mol. The summed E-state index contributed by atoms with van der Waals surface area (Å²) in [6.07, 6.45) is -5.49. The van der Waals surface area contributed by atoms with Crippen molar-refractivity contribution in [3.63, 3.8) is 0 Å². The summed E-state index contributed by atoms with van der Waals surface area (Å²) in [5, 5.41) is 60.6. The number of aliphatic hydroxyl groups excluding tert-OH is 7. The first kappa shape index (κ1) is 22.0. The van der Waals surface area contributed by atoms with Crippen LogP contribution in [0.3, 0.4) is 0 Å². The van der Waals surface area contributed by atoms with Gasteiger partial charge in [0, 0.05) is 13.0 Å². The van der Waals surface area contributed by atoms with Gasteiger partial charge in [0.05, 0.1) is 40.9 Å². The molecule has 8 heteroatoms. The summed E-state index contributed by atoms with van der Waals surface area (Å²) >= 11 is 0. The molecule has 0 radical (unpaired) electrons. The van der Waals surface area contributed by atoms with E-state index in [4.69, 9.17) is 35.7 Å². The maximum Gasteiger partial charge on any atom is 0.111 e. The minimum Gasteiger partial charge on any atom is -0.396 e. The van der Waals surface area contributed by atoms with Crippen molar-refractivity contribution < 1.29 is 40.2 Å². The highest BCUT2D eigenvalue weighted by Gasteiger charge is 2.29. The van der Waals surface area contributed by atoms with Crippen LogP contribution < -0.4 is 0 Å². The fraction of sp³-hybridized carbons (Fsp3) is 1.00. The zero-order valence-electron chi connectivity index (χ0n) is 12.4. The van der Waals surface area contributed by atoms with Gasteiger partial charge in [0.2, 0.25) is 0 Å². The third kappa shape index (κ3) is 11.5. The number of quaternary nitrogens is 1. The van der Waals surface area contributed by atoms with Gasteiger partial charge >= 0.3 is 0 Å². The molecule has 0 fully saturated rings. The number of hydrogen-bond acceptors (Lipinski definition) is 7. The molecule has 4 unspecified atom stereocenters. The van der Waals surface area contributed by atoms with E-state index in [1.165, 1.54) is 0 Å². The van der Waals surface area contributed by atoms with Gasteiger partial charge in [-0.3, -0.25) is 0 Å². The van der Waals surface area contributed by atoms with E-state index in [9.17, 15) is 0 Å². The second-order valence-electron chi connectivity index (χ2n) is 5.57. The van der Waals surface area contributed by atoms with E-state index in [0.29, 0.717) is 6.61 Å². The first-order valence-corrected chi connectivity index (χ1v) is 6.46. The molecule has 0 saturated carbocycles. The summed E-state index contributed by atoms with van der Waals surface area (Å²) < 4.78 is 0.945. The molecule has 0 aliphatic rings. The molecule has 0 aromatic rings. The quantitative estimate of drug-likeness (QED) is 0.230. The Balaban J connectivity index is 0. The van der Waals surface area contributed by atoms with Crippen molar-refractivity contribution in [2.24, 2.45) is 0 Å². The average molecular weight is 300 g/mol. The van der Waals surface area contributed by atoms with Crippen molar-refractivity contribution in [1.82, 2.24) is 0 Å². The molecule has 8 nitrogen and oxygen atoms in total. The molecule has 0 aromatic carbocycles. The number of rotatable bonds is 8. The fourth-order valence-corrected chi connectivity index (χ4v) is 1.22. The van der Waals surface area contributed by atoms with Gasteiger partial charge in [0.15, 0.2) is 0 Å². The molecule has 7 N–H and O–H groups in total. The van der Waals surface area contributed by atoms with Crippen LogP contribution in [0, 0.1) is 0 Å². The molecular weight excluding hydrogens is 270 g/mol. The van der Waals surface area contributed by atoms with E-state index in [-0.39, 0.29) is 0 Å². The van der Waals surface area contributed by atoms with Crippen LogP contribution in [0.4, 0.5) is 0 Å². The van der Waals surface area contributed by atoms with Crippen LogP contribution in [0.2, 0.25) is 0 Å². The molecule has 0 aliphatic heterocycles. The summed E-state index contributed by atoms with van der Waals surface area (Å²) in [4.78, 5) is 0. The highest BCUT2D eigenvalue weighted by molar-refractivity contribution is 4.79. The zero-order valence-corrected chi connectivity index (χ0v) is 12.4. The third-order valence-electron chi connectivity index (χ3n) is 2.50. The van der Waals surface area contributed by atoms with Gasteiger partial charge < -0.3 is 40.2 Å². The van der Waals surface area contributed by atoms with E-state index in [0.717, 1.165) is 17.4 Å². The topological polar surface area (TPSA) is 142 Å². The Bertz CT molecular complexity index is 208. The lowest BCUT2D eigenvalue weighted by Gasteiger charge is -2.24. The Morgan fingerprint density at radius 2 is 1.10 bits per heavy atom. The maximum atomic E-state index is 8.96. The van der Waals surface area contributed by atoms with E-state index < -0.39 is 37.6 Å². The molecule has 124 valence electrons. The minimum absolute atomic E-state index is 0.315. The normalized spacial score (nSPS) is 17.7. The Kier molecular flexibility index (Phi) is 12.5. The number of nitrogens with zero attached hydrogens (tertiary/aromatic N) is 1. The van der Waals surface area contributed by atoms with Crippen molar-refractivity contribution in [1.29, 1.82) is 0 Å². The summed E-state index contributed by atoms with van der Waals surface area (Å²) in [7, 11) is 6.36. The van der Waals surface area contributed by atoms with E-state index in [2.05, 4.69) is 21.1 Å². The maximum absolute atomic E-state index is 8.96. The van der Waals surface area contributed by atoms with Crippen LogP contribution >= 0.6 is 0 Å². The second kappa shape index (κ2) is 11.4. The highest BCUT2D eigenvalue weighted by atomic mass is 16.4. The molecule has 0 spiro atoms. The molecule has 0 heterocycles. The molecule has 4 atom stereocenters. The number of aliphatic hydroxyl groups is 7. The molecule has 20 heavy (non-hydrogen) atoms. The lowest BCUT2D eigenvalue weighted by atomic mass is 10.0. The summed E-state index contributed by atoms with van der Waals surface area (Å²) in [5.41, 5.74) is 0. The van der Waals surface area contributed by atoms with Crippen LogP contribution in [0.25, 0.3) is 0 Å². The van der Waals surface area contributed by atoms with Crippen LogP contribution in [-0.2, 0) is 0 Å². The Morgan fingerprint density at radius 3 is 1.25 bits per heavy atom. The van der Waals surface area contributed by atoms with Crippen LogP contribution in [0.1, 0.15) is 6.42 Å². The van der Waals surface area contributed by atoms with E-state index in [1.807, 2.05) is 0 Å². The summed E-state index contributed by atoms with van der Waals surface area (Å²) in [6.45, 7) is -0.0846. The molecule has 0 aliphatic carbocycles. The lowest BCUT2D eigenvalue weighted by molar-refractivity contribution is -0.870. The molecule has 0 rings (SSSR count). The standard InChI is InChI=1S/C6H16NO.C6H14O6/c1-7(2,3)5-4-6-8;7-1-3(9)5(11)6(12)4(10)2-8/h8H,4-6H2,1-3H3;3-12H,1-2H2/q+1;. The minimum atomic E-state index is -1.67. The molecule has 0 amide bonds. The van der Waals surface area contributed by atoms with Gasteiger partial charge in [0.25, 0.3) is 0 Å². The molecular formula is C12H30NO7+. The molecule has 0 saturated heterocycles. The van der Waals surface area contributed by atoms with Crippen LogP contribution in [0.15, 0.2) is 0 Å². The highest BCUT2D eigenvalue weighted by Crippen LogP contribution is 2.04. The van der Waals surface area contributed by atoms with E-state index in [1.54, 1.807) is 0 Å². The van der Waals surface area contributed by atoms with Crippen molar-refractivity contribution in [2.75, 3.05) is 47.5 Å². The average Bonchev–Trinajstić information content (AvgIpc) is 2.41. The fourth-order valence-electron chi connectivity index (χ4n) is 1.22. The van der Waals surface area contributed by atoms with Crippen molar-refractivity contribution >= 4 is 0 Å². The van der Waals surface area contributed by atoms with Crippen molar-refractivity contribution in [2.45, 2.75) is 30.8 Å². The van der Waals surface area contributed by atoms with Crippen molar-refractivity contribution in [3.8, 4) is 0 Å². The Labute approximate surface area is 119 Å². The second-order valence-corrected chi connectivity index (χ2v) is 5.57.